The number of carbonyl (C=O) groups excluding carboxylic acids is 1. The first-order valence-corrected chi connectivity index (χ1v) is 11.1. The molecule has 1 N–H and O–H groups in total. The fourth-order valence-electron chi connectivity index (χ4n) is 2.93. The van der Waals surface area contributed by atoms with Crippen LogP contribution < -0.4 is 15.0 Å². The Kier molecular flexibility index (Phi) is 5.76. The van der Waals surface area contributed by atoms with E-state index in [-0.39, 0.29) is 23.4 Å². The molecule has 0 atom stereocenters. The van der Waals surface area contributed by atoms with Crippen molar-refractivity contribution < 1.29 is 17.9 Å². The van der Waals surface area contributed by atoms with Gasteiger partial charge in [-0.25, -0.2) is 18.1 Å². The Labute approximate surface area is 172 Å². The maximum atomic E-state index is 12.6. The number of amides is 1. The highest BCUT2D eigenvalue weighted by molar-refractivity contribution is 7.90. The molecular weight excluding hydrogens is 414 g/mol. The predicted octanol–water partition coefficient (Wildman–Crippen LogP) is 2.29. The minimum absolute atomic E-state index is 0.0269. The van der Waals surface area contributed by atoms with Crippen molar-refractivity contribution in [1.82, 2.24) is 14.3 Å². The van der Waals surface area contributed by atoms with E-state index in [2.05, 4.69) is 4.98 Å². The van der Waals surface area contributed by atoms with Gasteiger partial charge in [-0.1, -0.05) is 0 Å². The normalized spacial score (nSPS) is 11.6. The molecule has 0 spiro atoms. The maximum Gasteiger partial charge on any atom is 0.264 e. The van der Waals surface area contributed by atoms with Crippen molar-refractivity contribution in [3.8, 4) is 5.75 Å². The van der Waals surface area contributed by atoms with E-state index in [1.807, 2.05) is 18.6 Å². The van der Waals surface area contributed by atoms with Gasteiger partial charge in [-0.05, 0) is 50.1 Å². The summed E-state index contributed by atoms with van der Waals surface area (Å²) in [6, 6.07) is 4.32. The summed E-state index contributed by atoms with van der Waals surface area (Å²) < 4.78 is 33.4. The molecule has 0 aliphatic heterocycles. The molecule has 0 unspecified atom stereocenters. The van der Waals surface area contributed by atoms with Crippen molar-refractivity contribution in [2.24, 2.45) is 0 Å². The number of sulfonamides is 1. The largest absolute Gasteiger partial charge is 0.496 e. The Balaban J connectivity index is 1.73. The van der Waals surface area contributed by atoms with Gasteiger partial charge in [0.25, 0.3) is 15.6 Å². The Morgan fingerprint density at radius 1 is 1.28 bits per heavy atom. The number of nitrogens with zero attached hydrogens (tertiary/aromatic N) is 2. The molecule has 3 rings (SSSR count). The zero-order valence-electron chi connectivity index (χ0n) is 16.5. The van der Waals surface area contributed by atoms with Crippen LogP contribution in [0.1, 0.15) is 22.4 Å². The van der Waals surface area contributed by atoms with Gasteiger partial charge in [0.05, 0.1) is 23.7 Å². The van der Waals surface area contributed by atoms with E-state index in [4.69, 9.17) is 4.74 Å². The van der Waals surface area contributed by atoms with Gasteiger partial charge in [0.1, 0.15) is 10.6 Å². The van der Waals surface area contributed by atoms with Gasteiger partial charge >= 0.3 is 0 Å². The standard InChI is InChI=1S/C19H21N3O5S2/c1-11-9-14(5-6-15(11)27-4)29(25,26)21-16(23)7-8-22-10-20-18-17(19(22)24)12(2)13(3)28-18/h5-6,9-10H,7-8H2,1-4H3,(H,21,23). The summed E-state index contributed by atoms with van der Waals surface area (Å²) in [6.45, 7) is 5.52. The topological polar surface area (TPSA) is 107 Å². The lowest BCUT2D eigenvalue weighted by Gasteiger charge is -2.10. The number of hydrogen-bond acceptors (Lipinski definition) is 7. The average Bonchev–Trinajstić information content (AvgIpc) is 2.95. The molecule has 0 fully saturated rings. The molecule has 0 bridgehead atoms. The molecule has 3 aromatic rings. The monoisotopic (exact) mass is 435 g/mol. The number of rotatable bonds is 6. The van der Waals surface area contributed by atoms with Crippen molar-refractivity contribution in [3.05, 3.63) is 50.9 Å². The van der Waals surface area contributed by atoms with Crippen molar-refractivity contribution in [2.45, 2.75) is 38.6 Å². The number of methoxy groups -OCH3 is 1. The zero-order chi connectivity index (χ0) is 21.3. The summed E-state index contributed by atoms with van der Waals surface area (Å²) in [7, 11) is -2.52. The average molecular weight is 436 g/mol. The smallest absolute Gasteiger partial charge is 0.264 e. The first-order valence-electron chi connectivity index (χ1n) is 8.79. The summed E-state index contributed by atoms with van der Waals surface area (Å²) >= 11 is 1.44. The fraction of sp³-hybridized carbons (Fsp3) is 0.316. The number of benzene rings is 1. The first-order chi connectivity index (χ1) is 13.6. The quantitative estimate of drug-likeness (QED) is 0.637. The van der Waals surface area contributed by atoms with Crippen LogP contribution >= 0.6 is 11.3 Å². The Morgan fingerprint density at radius 3 is 2.66 bits per heavy atom. The van der Waals surface area contributed by atoms with Crippen LogP contribution in [0.3, 0.4) is 0 Å². The van der Waals surface area contributed by atoms with Gasteiger partial charge in [-0.15, -0.1) is 11.3 Å². The van der Waals surface area contributed by atoms with Crippen LogP contribution in [0.2, 0.25) is 0 Å². The number of aromatic nitrogens is 2. The molecule has 154 valence electrons. The van der Waals surface area contributed by atoms with Crippen LogP contribution in [-0.2, 0) is 21.4 Å². The molecule has 0 saturated carbocycles. The van der Waals surface area contributed by atoms with Crippen LogP contribution in [0.5, 0.6) is 5.75 Å². The minimum atomic E-state index is -4.02. The summed E-state index contributed by atoms with van der Waals surface area (Å²) in [5.41, 5.74) is 1.27. The predicted molar refractivity (Wildman–Crippen MR) is 111 cm³/mol. The minimum Gasteiger partial charge on any atom is -0.496 e. The van der Waals surface area contributed by atoms with Gasteiger partial charge in [0.15, 0.2) is 0 Å². The van der Waals surface area contributed by atoms with E-state index in [0.29, 0.717) is 21.5 Å². The highest BCUT2D eigenvalue weighted by Gasteiger charge is 2.19. The van der Waals surface area contributed by atoms with E-state index < -0.39 is 15.9 Å². The lowest BCUT2D eigenvalue weighted by atomic mass is 10.2. The van der Waals surface area contributed by atoms with Crippen LogP contribution in [0, 0.1) is 20.8 Å². The van der Waals surface area contributed by atoms with Crippen LogP contribution in [0.15, 0.2) is 34.2 Å². The third kappa shape index (κ3) is 4.18. The Bertz CT molecular complexity index is 1260. The van der Waals surface area contributed by atoms with Crippen LogP contribution in [0.4, 0.5) is 0 Å². The SMILES string of the molecule is COc1ccc(S(=O)(=O)NC(=O)CCn2cnc3sc(C)c(C)c3c2=O)cc1C. The van der Waals surface area contributed by atoms with E-state index >= 15 is 0 Å². The van der Waals surface area contributed by atoms with Gasteiger partial charge in [0, 0.05) is 17.8 Å². The number of fused-ring (bicyclic) bond motifs is 1. The number of aryl methyl sites for hydroxylation is 4. The second kappa shape index (κ2) is 7.96. The fourth-order valence-corrected chi connectivity index (χ4v) is 5.02. The second-order valence-corrected chi connectivity index (χ2v) is 9.50. The third-order valence-corrected chi connectivity index (χ3v) is 7.15. The zero-order valence-corrected chi connectivity index (χ0v) is 18.1. The number of hydrogen-bond donors (Lipinski definition) is 1. The second-order valence-electron chi connectivity index (χ2n) is 6.62. The maximum absolute atomic E-state index is 12.6. The lowest BCUT2D eigenvalue weighted by molar-refractivity contribution is -0.119. The highest BCUT2D eigenvalue weighted by atomic mass is 32.2. The third-order valence-electron chi connectivity index (χ3n) is 4.66. The molecule has 29 heavy (non-hydrogen) atoms. The molecule has 0 aliphatic carbocycles. The van der Waals surface area contributed by atoms with Gasteiger partial charge in [-0.3, -0.25) is 14.2 Å². The number of carbonyl (C=O) groups is 1. The van der Waals surface area contributed by atoms with Crippen molar-refractivity contribution in [3.63, 3.8) is 0 Å². The summed E-state index contributed by atoms with van der Waals surface area (Å²) in [4.78, 5) is 30.8. The number of ether oxygens (including phenoxy) is 1. The molecule has 0 saturated heterocycles. The van der Waals surface area contributed by atoms with Gasteiger partial charge in [0.2, 0.25) is 5.91 Å². The Hall–Kier alpha value is -2.72. The van der Waals surface area contributed by atoms with E-state index in [1.54, 1.807) is 6.92 Å². The molecule has 1 amide bonds. The first kappa shape index (κ1) is 21.0. The molecule has 2 aromatic heterocycles. The lowest BCUT2D eigenvalue weighted by Crippen LogP contribution is -2.32. The summed E-state index contributed by atoms with van der Waals surface area (Å²) in [6.07, 6.45) is 1.21. The van der Waals surface area contributed by atoms with E-state index in [0.717, 1.165) is 10.4 Å². The van der Waals surface area contributed by atoms with Crippen molar-refractivity contribution >= 4 is 37.5 Å². The Morgan fingerprint density at radius 2 is 2.00 bits per heavy atom. The molecule has 8 nitrogen and oxygen atoms in total. The molecule has 2 heterocycles. The summed E-state index contributed by atoms with van der Waals surface area (Å²) in [5.74, 6) is -0.153. The number of nitrogens with one attached hydrogen (secondary N) is 1. The van der Waals surface area contributed by atoms with Crippen LogP contribution in [-0.4, -0.2) is 31.0 Å². The van der Waals surface area contributed by atoms with Crippen molar-refractivity contribution in [1.29, 1.82) is 0 Å². The molecule has 1 aromatic carbocycles. The highest BCUT2D eigenvalue weighted by Crippen LogP contribution is 2.25. The van der Waals surface area contributed by atoms with E-state index in [9.17, 15) is 18.0 Å². The van der Waals surface area contributed by atoms with Gasteiger partial charge in [-0.2, -0.15) is 0 Å². The molecule has 10 heteroatoms. The molecule has 0 aliphatic rings. The number of thiophene rings is 1. The van der Waals surface area contributed by atoms with Crippen molar-refractivity contribution in [2.75, 3.05) is 7.11 Å². The molecule has 0 radical (unpaired) electrons. The summed E-state index contributed by atoms with van der Waals surface area (Å²) in [5, 5.41) is 0.539. The van der Waals surface area contributed by atoms with Crippen LogP contribution in [0.25, 0.3) is 10.2 Å². The molecular formula is C19H21N3O5S2. The van der Waals surface area contributed by atoms with E-state index in [1.165, 1.54) is 47.5 Å². The van der Waals surface area contributed by atoms with Gasteiger partial charge < -0.3 is 4.74 Å².